The maximum absolute atomic E-state index is 12.7. The number of unbranched alkanes of at least 4 members (excludes halogenated alkanes) is 1. The van der Waals surface area contributed by atoms with E-state index in [1.807, 2.05) is 13.0 Å². The van der Waals surface area contributed by atoms with Crippen molar-refractivity contribution in [2.45, 2.75) is 25.9 Å². The topological polar surface area (TPSA) is 27.0 Å². The predicted molar refractivity (Wildman–Crippen MR) is 68.7 cm³/mol. The number of para-hydroxylation sites is 1. The molecule has 1 aromatic carbocycles. The van der Waals surface area contributed by atoms with Gasteiger partial charge in [-0.3, -0.25) is 0 Å². The largest absolute Gasteiger partial charge is 0.406 e. The molecule has 0 aromatic heterocycles. The van der Waals surface area contributed by atoms with Gasteiger partial charge in [-0.2, -0.15) is 18.4 Å². The molecule has 0 aliphatic carbocycles. The van der Waals surface area contributed by atoms with Crippen LogP contribution in [0.25, 0.3) is 0 Å². The van der Waals surface area contributed by atoms with Gasteiger partial charge in [0.05, 0.1) is 6.07 Å². The molecule has 0 saturated carbocycles. The van der Waals surface area contributed by atoms with Crippen LogP contribution in [-0.4, -0.2) is 19.3 Å². The van der Waals surface area contributed by atoms with Crippen LogP contribution in [0.5, 0.6) is 0 Å². The van der Waals surface area contributed by atoms with Crippen LogP contribution in [0, 0.1) is 17.2 Å². The van der Waals surface area contributed by atoms with Crippen molar-refractivity contribution >= 4 is 5.69 Å². The Hall–Kier alpha value is -1.70. The molecule has 0 radical (unpaired) electrons. The summed E-state index contributed by atoms with van der Waals surface area (Å²) in [6.07, 6.45) is -2.79. The third-order valence-corrected chi connectivity index (χ3v) is 2.86. The highest BCUT2D eigenvalue weighted by atomic mass is 19.4. The molecule has 2 nitrogen and oxygen atoms in total. The zero-order valence-electron chi connectivity index (χ0n) is 10.8. The molecule has 0 saturated heterocycles. The number of nitrogens with zero attached hydrogens (tertiary/aromatic N) is 2. The molecule has 19 heavy (non-hydrogen) atoms. The maximum atomic E-state index is 12.7. The number of anilines is 1. The van der Waals surface area contributed by atoms with Crippen molar-refractivity contribution in [2.75, 3.05) is 18.0 Å². The van der Waals surface area contributed by atoms with Crippen molar-refractivity contribution in [2.24, 2.45) is 5.92 Å². The minimum absolute atomic E-state index is 0.315. The number of benzene rings is 1. The fourth-order valence-corrected chi connectivity index (χ4v) is 1.75. The SMILES string of the molecule is CCCCN(CC(C#N)C(F)(F)F)c1ccccc1. The molecule has 1 atom stereocenters. The van der Waals surface area contributed by atoms with E-state index in [9.17, 15) is 13.2 Å². The molecule has 5 heteroatoms. The molecule has 0 aliphatic rings. The van der Waals surface area contributed by atoms with Crippen LogP contribution in [0.1, 0.15) is 19.8 Å². The molecule has 104 valence electrons. The Morgan fingerprint density at radius 3 is 2.37 bits per heavy atom. The molecular weight excluding hydrogens is 253 g/mol. The highest BCUT2D eigenvalue weighted by molar-refractivity contribution is 5.46. The molecule has 0 spiro atoms. The number of rotatable bonds is 6. The number of nitriles is 1. The standard InChI is InChI=1S/C14H17F3N2/c1-2-3-9-19(13-7-5-4-6-8-13)11-12(10-18)14(15,16)17/h4-8,12H,2-3,9,11H2,1H3. The Morgan fingerprint density at radius 1 is 1.26 bits per heavy atom. The van der Waals surface area contributed by atoms with Crippen molar-refractivity contribution in [3.05, 3.63) is 30.3 Å². The van der Waals surface area contributed by atoms with Gasteiger partial charge in [-0.15, -0.1) is 0 Å². The fraction of sp³-hybridized carbons (Fsp3) is 0.500. The number of hydrogen-bond acceptors (Lipinski definition) is 2. The van der Waals surface area contributed by atoms with Gasteiger partial charge in [0.25, 0.3) is 0 Å². The molecule has 0 heterocycles. The van der Waals surface area contributed by atoms with Gasteiger partial charge >= 0.3 is 6.18 Å². The summed E-state index contributed by atoms with van der Waals surface area (Å²) in [5, 5.41) is 8.69. The van der Waals surface area contributed by atoms with Crippen LogP contribution >= 0.6 is 0 Å². The summed E-state index contributed by atoms with van der Waals surface area (Å²) in [7, 11) is 0. The first-order valence-corrected chi connectivity index (χ1v) is 6.25. The quantitative estimate of drug-likeness (QED) is 0.781. The van der Waals surface area contributed by atoms with Crippen LogP contribution in [-0.2, 0) is 0 Å². The van der Waals surface area contributed by atoms with Crippen LogP contribution < -0.4 is 4.90 Å². The van der Waals surface area contributed by atoms with E-state index in [4.69, 9.17) is 5.26 Å². The third kappa shape index (κ3) is 4.82. The van der Waals surface area contributed by atoms with Gasteiger partial charge in [0.1, 0.15) is 0 Å². The lowest BCUT2D eigenvalue weighted by Crippen LogP contribution is -2.36. The summed E-state index contributed by atoms with van der Waals surface area (Å²) in [6, 6.07) is 10.3. The van der Waals surface area contributed by atoms with Crippen molar-refractivity contribution in [3.8, 4) is 6.07 Å². The van der Waals surface area contributed by atoms with Gasteiger partial charge < -0.3 is 4.90 Å². The summed E-state index contributed by atoms with van der Waals surface area (Å²) in [4.78, 5) is 1.63. The van der Waals surface area contributed by atoms with E-state index in [1.54, 1.807) is 29.2 Å². The predicted octanol–water partition coefficient (Wildman–Crippen LogP) is 4.00. The van der Waals surface area contributed by atoms with Gasteiger partial charge in [-0.05, 0) is 18.6 Å². The van der Waals surface area contributed by atoms with Crippen molar-refractivity contribution < 1.29 is 13.2 Å². The van der Waals surface area contributed by atoms with E-state index in [-0.39, 0.29) is 6.54 Å². The Balaban J connectivity index is 2.84. The molecule has 1 unspecified atom stereocenters. The second kappa shape index (κ2) is 7.03. The Kier molecular flexibility index (Phi) is 5.68. The fourth-order valence-electron chi connectivity index (χ4n) is 1.75. The minimum Gasteiger partial charge on any atom is -0.370 e. The first kappa shape index (κ1) is 15.4. The highest BCUT2D eigenvalue weighted by Gasteiger charge is 2.40. The van der Waals surface area contributed by atoms with Crippen LogP contribution in [0.15, 0.2) is 30.3 Å². The number of hydrogen-bond donors (Lipinski definition) is 0. The van der Waals surface area contributed by atoms with Crippen molar-refractivity contribution in [3.63, 3.8) is 0 Å². The summed E-state index contributed by atoms with van der Waals surface area (Å²) < 4.78 is 38.0. The van der Waals surface area contributed by atoms with E-state index >= 15 is 0 Å². The van der Waals surface area contributed by atoms with Gasteiger partial charge in [0.15, 0.2) is 5.92 Å². The molecule has 1 rings (SSSR count). The summed E-state index contributed by atoms with van der Waals surface area (Å²) >= 11 is 0. The van der Waals surface area contributed by atoms with Gasteiger partial charge in [-0.25, -0.2) is 0 Å². The lowest BCUT2D eigenvalue weighted by atomic mass is 10.1. The van der Waals surface area contributed by atoms with E-state index in [0.29, 0.717) is 6.54 Å². The smallest absolute Gasteiger partial charge is 0.370 e. The average Bonchev–Trinajstić information content (AvgIpc) is 2.38. The van der Waals surface area contributed by atoms with E-state index in [0.717, 1.165) is 18.5 Å². The molecule has 1 aromatic rings. The van der Waals surface area contributed by atoms with Gasteiger partial charge in [-0.1, -0.05) is 31.5 Å². The Labute approximate surface area is 111 Å². The summed E-state index contributed by atoms with van der Waals surface area (Å²) in [5.41, 5.74) is 0.723. The van der Waals surface area contributed by atoms with E-state index < -0.39 is 12.1 Å². The molecular formula is C14H17F3N2. The molecule has 0 N–H and O–H groups in total. The third-order valence-electron chi connectivity index (χ3n) is 2.86. The maximum Gasteiger partial charge on any atom is 0.406 e. The Bertz CT molecular complexity index is 409. The second-order valence-electron chi connectivity index (χ2n) is 4.36. The van der Waals surface area contributed by atoms with Crippen molar-refractivity contribution in [1.82, 2.24) is 0 Å². The Morgan fingerprint density at radius 2 is 1.89 bits per heavy atom. The molecule has 0 aliphatic heterocycles. The van der Waals surface area contributed by atoms with Crippen molar-refractivity contribution in [1.29, 1.82) is 5.26 Å². The number of alkyl halides is 3. The van der Waals surface area contributed by atoms with Gasteiger partial charge in [0, 0.05) is 18.8 Å². The van der Waals surface area contributed by atoms with E-state index in [2.05, 4.69) is 0 Å². The first-order chi connectivity index (χ1) is 8.99. The minimum atomic E-state index is -4.48. The van der Waals surface area contributed by atoms with Gasteiger partial charge in [0.2, 0.25) is 0 Å². The van der Waals surface area contributed by atoms with Crippen LogP contribution in [0.4, 0.5) is 18.9 Å². The monoisotopic (exact) mass is 270 g/mol. The van der Waals surface area contributed by atoms with Crippen LogP contribution in [0.2, 0.25) is 0 Å². The number of halogens is 3. The average molecular weight is 270 g/mol. The summed E-state index contributed by atoms with van der Waals surface area (Å²) in [5.74, 6) is -1.95. The second-order valence-corrected chi connectivity index (χ2v) is 4.36. The zero-order valence-corrected chi connectivity index (χ0v) is 10.8. The lowest BCUT2D eigenvalue weighted by Gasteiger charge is -2.27. The molecule has 0 amide bonds. The lowest BCUT2D eigenvalue weighted by molar-refractivity contribution is -0.156. The molecule has 0 fully saturated rings. The summed E-state index contributed by atoms with van der Waals surface area (Å²) in [6.45, 7) is 2.19. The molecule has 0 bridgehead atoms. The first-order valence-electron chi connectivity index (χ1n) is 6.25. The normalized spacial score (nSPS) is 12.8. The van der Waals surface area contributed by atoms with E-state index in [1.165, 1.54) is 6.07 Å². The van der Waals surface area contributed by atoms with Crippen LogP contribution in [0.3, 0.4) is 0 Å². The zero-order chi connectivity index (χ0) is 14.3. The highest BCUT2D eigenvalue weighted by Crippen LogP contribution is 2.28.